The summed E-state index contributed by atoms with van der Waals surface area (Å²) in [5, 5.41) is 16.0. The standard InChI is InChI=1S/C25H19ClN4OS2/c1-16-2-4-17(5-3-16)21-11-8-19(14-27)24(28-21)32-13-12-23(31)30-25-29-22(15-33-25)18-6-9-20(26)10-7-18/h2-11,15H,12-13H2,1H3,(H,29,30,31). The molecule has 5 nitrogen and oxygen atoms in total. The number of halogens is 1. The minimum Gasteiger partial charge on any atom is -0.302 e. The smallest absolute Gasteiger partial charge is 0.226 e. The highest BCUT2D eigenvalue weighted by Gasteiger charge is 2.11. The number of nitrogens with zero attached hydrogens (tertiary/aromatic N) is 3. The van der Waals surface area contributed by atoms with Crippen molar-refractivity contribution < 1.29 is 4.79 Å². The number of carbonyl (C=O) groups excluding carboxylic acids is 1. The number of benzene rings is 2. The van der Waals surface area contributed by atoms with E-state index in [0.29, 0.717) is 26.5 Å². The van der Waals surface area contributed by atoms with Crippen LogP contribution in [0.3, 0.4) is 0 Å². The largest absolute Gasteiger partial charge is 0.302 e. The zero-order valence-electron chi connectivity index (χ0n) is 17.7. The summed E-state index contributed by atoms with van der Waals surface area (Å²) in [6.45, 7) is 2.03. The molecular formula is C25H19ClN4OS2. The Bertz CT molecular complexity index is 1310. The quantitative estimate of drug-likeness (QED) is 0.287. The van der Waals surface area contributed by atoms with E-state index in [2.05, 4.69) is 21.4 Å². The second kappa shape index (κ2) is 10.6. The van der Waals surface area contributed by atoms with E-state index in [1.54, 1.807) is 6.07 Å². The summed E-state index contributed by atoms with van der Waals surface area (Å²) in [4.78, 5) is 21.5. The molecule has 1 amide bonds. The van der Waals surface area contributed by atoms with Crippen molar-refractivity contribution in [1.82, 2.24) is 9.97 Å². The molecule has 0 fully saturated rings. The second-order valence-corrected chi connectivity index (χ2v) is 9.60. The van der Waals surface area contributed by atoms with Gasteiger partial charge in [-0.15, -0.1) is 23.1 Å². The molecule has 0 unspecified atom stereocenters. The number of aromatic nitrogens is 2. The van der Waals surface area contributed by atoms with Gasteiger partial charge in [0.25, 0.3) is 0 Å². The number of nitriles is 1. The van der Waals surface area contributed by atoms with Crippen molar-refractivity contribution >= 4 is 45.7 Å². The van der Waals surface area contributed by atoms with Crippen LogP contribution >= 0.6 is 34.7 Å². The van der Waals surface area contributed by atoms with Gasteiger partial charge in [-0.05, 0) is 31.2 Å². The third-order valence-corrected chi connectivity index (χ3v) is 6.79. The van der Waals surface area contributed by atoms with E-state index in [9.17, 15) is 10.1 Å². The van der Waals surface area contributed by atoms with Crippen LogP contribution in [0, 0.1) is 18.3 Å². The Hall–Kier alpha value is -3.18. The lowest BCUT2D eigenvalue weighted by molar-refractivity contribution is -0.115. The fourth-order valence-electron chi connectivity index (χ4n) is 3.03. The van der Waals surface area contributed by atoms with Crippen LogP contribution in [0.5, 0.6) is 0 Å². The minimum absolute atomic E-state index is 0.132. The van der Waals surface area contributed by atoms with Crippen LogP contribution in [0.25, 0.3) is 22.5 Å². The van der Waals surface area contributed by atoms with E-state index in [1.807, 2.05) is 66.9 Å². The molecule has 2 aromatic heterocycles. The molecule has 0 bridgehead atoms. The van der Waals surface area contributed by atoms with Crippen molar-refractivity contribution in [1.29, 1.82) is 5.26 Å². The zero-order chi connectivity index (χ0) is 23.2. The van der Waals surface area contributed by atoms with E-state index in [4.69, 9.17) is 11.6 Å². The van der Waals surface area contributed by atoms with Crippen LogP contribution in [0.4, 0.5) is 5.13 Å². The zero-order valence-corrected chi connectivity index (χ0v) is 20.1. The van der Waals surface area contributed by atoms with Crippen molar-refractivity contribution in [3.05, 3.63) is 82.2 Å². The number of amides is 1. The summed E-state index contributed by atoms with van der Waals surface area (Å²) >= 11 is 8.71. The maximum atomic E-state index is 12.4. The van der Waals surface area contributed by atoms with Gasteiger partial charge in [0.05, 0.1) is 17.0 Å². The highest BCUT2D eigenvalue weighted by molar-refractivity contribution is 7.99. The third-order valence-electron chi connectivity index (χ3n) is 4.79. The van der Waals surface area contributed by atoms with E-state index < -0.39 is 0 Å². The number of pyridine rings is 1. The predicted octanol–water partition coefficient (Wildman–Crippen LogP) is 6.83. The van der Waals surface area contributed by atoms with Crippen molar-refractivity contribution in [2.24, 2.45) is 0 Å². The number of thiazole rings is 1. The molecule has 4 aromatic rings. The van der Waals surface area contributed by atoms with E-state index in [0.717, 1.165) is 22.5 Å². The maximum Gasteiger partial charge on any atom is 0.226 e. The number of aryl methyl sites for hydroxylation is 1. The highest BCUT2D eigenvalue weighted by atomic mass is 35.5. The lowest BCUT2D eigenvalue weighted by Crippen LogP contribution is -2.12. The Labute approximate surface area is 205 Å². The summed E-state index contributed by atoms with van der Waals surface area (Å²) in [6, 6.07) is 21.3. The maximum absolute atomic E-state index is 12.4. The van der Waals surface area contributed by atoms with Crippen LogP contribution in [0.15, 0.2) is 71.1 Å². The first kappa shape index (κ1) is 23.0. The normalized spacial score (nSPS) is 10.6. The number of anilines is 1. The molecule has 8 heteroatoms. The van der Waals surface area contributed by atoms with Gasteiger partial charge in [0.2, 0.25) is 5.91 Å². The number of thioether (sulfide) groups is 1. The number of carbonyl (C=O) groups is 1. The topological polar surface area (TPSA) is 78.7 Å². The Balaban J connectivity index is 1.36. The lowest BCUT2D eigenvalue weighted by atomic mass is 10.1. The summed E-state index contributed by atoms with van der Waals surface area (Å²) in [7, 11) is 0. The summed E-state index contributed by atoms with van der Waals surface area (Å²) in [5.74, 6) is 0.369. The first-order valence-corrected chi connectivity index (χ1v) is 12.4. The SMILES string of the molecule is Cc1ccc(-c2ccc(C#N)c(SCCC(=O)Nc3nc(-c4ccc(Cl)cc4)cs3)n2)cc1. The molecule has 33 heavy (non-hydrogen) atoms. The van der Waals surface area contributed by atoms with Crippen molar-refractivity contribution in [3.63, 3.8) is 0 Å². The molecule has 0 aliphatic carbocycles. The van der Waals surface area contributed by atoms with E-state index in [1.165, 1.54) is 28.7 Å². The number of hydrogen-bond acceptors (Lipinski definition) is 6. The molecule has 164 valence electrons. The second-order valence-electron chi connectivity index (χ2n) is 7.22. The van der Waals surface area contributed by atoms with Crippen molar-refractivity contribution in [2.45, 2.75) is 18.4 Å². The predicted molar refractivity (Wildman–Crippen MR) is 136 cm³/mol. The Morgan fingerprint density at radius 2 is 1.73 bits per heavy atom. The molecule has 4 rings (SSSR count). The monoisotopic (exact) mass is 490 g/mol. The number of hydrogen-bond donors (Lipinski definition) is 1. The Morgan fingerprint density at radius 3 is 2.45 bits per heavy atom. The van der Waals surface area contributed by atoms with Gasteiger partial charge < -0.3 is 5.32 Å². The number of nitrogens with one attached hydrogen (secondary N) is 1. The van der Waals surface area contributed by atoms with E-state index in [-0.39, 0.29) is 12.3 Å². The fraction of sp³-hybridized carbons (Fsp3) is 0.120. The molecule has 0 aliphatic rings. The third kappa shape index (κ3) is 5.99. The van der Waals surface area contributed by atoms with Gasteiger partial charge in [0.15, 0.2) is 5.13 Å². The van der Waals surface area contributed by atoms with Gasteiger partial charge >= 0.3 is 0 Å². The van der Waals surface area contributed by atoms with Crippen molar-refractivity contribution in [3.8, 4) is 28.6 Å². The van der Waals surface area contributed by atoms with Gasteiger partial charge in [-0.1, -0.05) is 53.6 Å². The summed E-state index contributed by atoms with van der Waals surface area (Å²) in [6.07, 6.45) is 0.280. The molecule has 0 radical (unpaired) electrons. The molecule has 0 atom stereocenters. The molecule has 0 spiro atoms. The average molecular weight is 491 g/mol. The summed E-state index contributed by atoms with van der Waals surface area (Å²) in [5.41, 5.74) is 5.20. The first-order chi connectivity index (χ1) is 16.0. The molecule has 2 aromatic carbocycles. The Morgan fingerprint density at radius 1 is 1.03 bits per heavy atom. The van der Waals surface area contributed by atoms with Gasteiger partial charge in [0.1, 0.15) is 11.1 Å². The first-order valence-electron chi connectivity index (χ1n) is 10.1. The molecule has 2 heterocycles. The minimum atomic E-state index is -0.132. The van der Waals surface area contributed by atoms with Crippen LogP contribution in [-0.4, -0.2) is 21.6 Å². The van der Waals surface area contributed by atoms with Gasteiger partial charge in [-0.25, -0.2) is 9.97 Å². The van der Waals surface area contributed by atoms with Gasteiger partial charge in [-0.2, -0.15) is 5.26 Å². The highest BCUT2D eigenvalue weighted by Crippen LogP contribution is 2.28. The van der Waals surface area contributed by atoms with Crippen LogP contribution in [-0.2, 0) is 4.79 Å². The van der Waals surface area contributed by atoms with Crippen molar-refractivity contribution in [2.75, 3.05) is 11.1 Å². The molecule has 0 saturated carbocycles. The average Bonchev–Trinajstić information content (AvgIpc) is 3.28. The van der Waals surface area contributed by atoms with Gasteiger partial charge in [0, 0.05) is 33.7 Å². The lowest BCUT2D eigenvalue weighted by Gasteiger charge is -2.07. The number of rotatable bonds is 7. The van der Waals surface area contributed by atoms with Crippen LogP contribution in [0.2, 0.25) is 5.02 Å². The molecule has 0 aliphatic heterocycles. The fourth-order valence-corrected chi connectivity index (χ4v) is 4.80. The Kier molecular flexibility index (Phi) is 7.40. The van der Waals surface area contributed by atoms with Crippen LogP contribution in [0.1, 0.15) is 17.5 Å². The van der Waals surface area contributed by atoms with Gasteiger partial charge in [-0.3, -0.25) is 4.79 Å². The molecule has 1 N–H and O–H groups in total. The van der Waals surface area contributed by atoms with Crippen LogP contribution < -0.4 is 5.32 Å². The van der Waals surface area contributed by atoms with E-state index >= 15 is 0 Å². The molecular weight excluding hydrogens is 472 g/mol. The molecule has 0 saturated heterocycles. The summed E-state index contributed by atoms with van der Waals surface area (Å²) < 4.78 is 0.